The molecule has 11 heteroatoms. The third-order valence-electron chi connectivity index (χ3n) is 3.84. The van der Waals surface area contributed by atoms with Crippen molar-refractivity contribution >= 4 is 27.2 Å². The fourth-order valence-electron chi connectivity index (χ4n) is 2.53. The van der Waals surface area contributed by atoms with Crippen molar-refractivity contribution in [1.29, 1.82) is 4.78 Å². The van der Waals surface area contributed by atoms with Crippen molar-refractivity contribution in [3.63, 3.8) is 0 Å². The van der Waals surface area contributed by atoms with Crippen LogP contribution in [0.2, 0.25) is 5.02 Å². The highest BCUT2D eigenvalue weighted by Crippen LogP contribution is 2.40. The van der Waals surface area contributed by atoms with Crippen LogP contribution < -0.4 is 0 Å². The lowest BCUT2D eigenvalue weighted by molar-refractivity contribution is -0.170. The summed E-state index contributed by atoms with van der Waals surface area (Å²) in [7, 11) is -2.94. The molecule has 0 spiro atoms. The zero-order valence-corrected chi connectivity index (χ0v) is 14.9. The molecule has 1 N–H and O–H groups in total. The van der Waals surface area contributed by atoms with E-state index in [0.29, 0.717) is 4.31 Å². The molecule has 0 radical (unpaired) electrons. The van der Waals surface area contributed by atoms with E-state index in [0.717, 1.165) is 7.05 Å². The highest BCUT2D eigenvalue weighted by molar-refractivity contribution is 7.90. The maximum atomic E-state index is 13.7. The quantitative estimate of drug-likeness (QED) is 0.717. The van der Waals surface area contributed by atoms with Crippen LogP contribution in [0.4, 0.5) is 13.2 Å². The van der Waals surface area contributed by atoms with Crippen LogP contribution in [0.3, 0.4) is 0 Å². The molecule has 1 unspecified atom stereocenters. The number of pyridine rings is 1. The predicted octanol–water partition coefficient (Wildman–Crippen LogP) is 3.94. The average molecular weight is 404 g/mol. The molecule has 0 saturated carbocycles. The minimum Gasteiger partial charge on any atom is -0.236 e. The highest BCUT2D eigenvalue weighted by atomic mass is 35.5. The maximum absolute atomic E-state index is 13.7. The molecule has 2 aromatic heterocycles. The van der Waals surface area contributed by atoms with Crippen molar-refractivity contribution in [2.45, 2.75) is 17.1 Å². The number of alkyl halides is 3. The Morgan fingerprint density at radius 3 is 2.54 bits per heavy atom. The minimum absolute atomic E-state index is 0.0938. The lowest BCUT2D eigenvalue weighted by Gasteiger charge is -2.31. The molecule has 6 nitrogen and oxygen atoms in total. The van der Waals surface area contributed by atoms with E-state index < -0.39 is 22.1 Å². The smallest absolute Gasteiger partial charge is 0.236 e. The molecule has 3 aromatic rings. The fraction of sp³-hybridized carbons (Fsp3) is 0.200. The van der Waals surface area contributed by atoms with Crippen molar-refractivity contribution in [1.82, 2.24) is 18.9 Å². The number of nitrogens with one attached hydrogen (secondary N) is 1. The first-order valence-corrected chi connectivity index (χ1v) is 9.13. The highest BCUT2D eigenvalue weighted by Gasteiger charge is 2.46. The standard InChI is InChI=1S/C15H13ClF3N5OS/c1-23(14(15(17,18)19)10-2-4-11(16)5-3-10)26(20,25)12-6-7-24-13(8-12)21-9-22-24/h2-9,14,20H,1H3/t14-,26?/m1/s1. The second-order valence-electron chi connectivity index (χ2n) is 5.49. The average Bonchev–Trinajstić information content (AvgIpc) is 3.03. The van der Waals surface area contributed by atoms with E-state index >= 15 is 0 Å². The topological polar surface area (TPSA) is 74.4 Å². The van der Waals surface area contributed by atoms with Crippen LogP contribution in [0.1, 0.15) is 11.6 Å². The van der Waals surface area contributed by atoms with E-state index in [1.54, 1.807) is 0 Å². The summed E-state index contributed by atoms with van der Waals surface area (Å²) in [5, 5.41) is 4.14. The summed E-state index contributed by atoms with van der Waals surface area (Å²) < 4.78 is 64.1. The van der Waals surface area contributed by atoms with Gasteiger partial charge < -0.3 is 0 Å². The molecule has 0 aliphatic heterocycles. The summed E-state index contributed by atoms with van der Waals surface area (Å²) in [6.07, 6.45) is -2.10. The van der Waals surface area contributed by atoms with Gasteiger partial charge in [-0.15, -0.1) is 0 Å². The van der Waals surface area contributed by atoms with Crippen LogP contribution in [0.5, 0.6) is 0 Å². The molecular formula is C15H13ClF3N5OS. The normalized spacial score (nSPS) is 15.9. The van der Waals surface area contributed by atoms with Gasteiger partial charge in [-0.3, -0.25) is 0 Å². The number of rotatable bonds is 4. The Bertz CT molecular complexity index is 1030. The number of benzene rings is 1. The Hall–Kier alpha value is -2.17. The van der Waals surface area contributed by atoms with Gasteiger partial charge in [-0.2, -0.15) is 18.3 Å². The Balaban J connectivity index is 2.07. The van der Waals surface area contributed by atoms with Gasteiger partial charge in [-0.25, -0.2) is 22.8 Å². The summed E-state index contributed by atoms with van der Waals surface area (Å²) >= 11 is 5.74. The Kier molecular flexibility index (Phi) is 4.67. The third-order valence-corrected chi connectivity index (χ3v) is 6.00. The molecule has 0 aliphatic carbocycles. The van der Waals surface area contributed by atoms with Gasteiger partial charge in [0, 0.05) is 24.3 Å². The molecule has 0 saturated heterocycles. The van der Waals surface area contributed by atoms with Crippen molar-refractivity contribution in [2.24, 2.45) is 0 Å². The molecule has 0 amide bonds. The molecule has 2 atom stereocenters. The first-order valence-electron chi connectivity index (χ1n) is 7.24. The van der Waals surface area contributed by atoms with Gasteiger partial charge in [-0.05, 0) is 23.8 Å². The van der Waals surface area contributed by atoms with Gasteiger partial charge in [-0.1, -0.05) is 23.7 Å². The van der Waals surface area contributed by atoms with Gasteiger partial charge in [0.1, 0.15) is 22.3 Å². The number of aromatic nitrogens is 3. The lowest BCUT2D eigenvalue weighted by Crippen LogP contribution is -2.39. The van der Waals surface area contributed by atoms with Gasteiger partial charge in [0.25, 0.3) is 0 Å². The number of fused-ring (bicyclic) bond motifs is 1. The molecule has 0 aliphatic rings. The van der Waals surface area contributed by atoms with Crippen molar-refractivity contribution in [2.75, 3.05) is 7.05 Å². The van der Waals surface area contributed by atoms with E-state index in [-0.39, 0.29) is 21.1 Å². The lowest BCUT2D eigenvalue weighted by atomic mass is 10.1. The molecule has 0 bridgehead atoms. The minimum atomic E-state index is -4.74. The van der Waals surface area contributed by atoms with E-state index in [2.05, 4.69) is 10.1 Å². The van der Waals surface area contributed by atoms with Gasteiger partial charge in [0.05, 0.1) is 4.90 Å². The van der Waals surface area contributed by atoms with Crippen LogP contribution >= 0.6 is 11.6 Å². The number of nitrogens with zero attached hydrogens (tertiary/aromatic N) is 4. The van der Waals surface area contributed by atoms with E-state index in [9.17, 15) is 17.4 Å². The Labute approximate surface area is 152 Å². The summed E-state index contributed by atoms with van der Waals surface area (Å²) in [5.41, 5.74) is 0.124. The molecule has 1 aromatic carbocycles. The van der Waals surface area contributed by atoms with Crippen LogP contribution in [0.25, 0.3) is 5.65 Å². The molecule has 2 heterocycles. The Morgan fingerprint density at radius 1 is 1.27 bits per heavy atom. The second-order valence-corrected chi connectivity index (χ2v) is 8.03. The van der Waals surface area contributed by atoms with Crippen LogP contribution in [0.15, 0.2) is 53.8 Å². The summed E-state index contributed by atoms with van der Waals surface area (Å²) in [4.78, 5) is 3.81. The van der Waals surface area contributed by atoms with Gasteiger partial charge in [0.15, 0.2) is 5.65 Å². The summed E-state index contributed by atoms with van der Waals surface area (Å²) in [6, 6.07) is 5.38. The fourth-order valence-corrected chi connectivity index (χ4v) is 4.04. The zero-order chi connectivity index (χ0) is 19.1. The third kappa shape index (κ3) is 3.39. The SMILES string of the molecule is CN([C@H](c1ccc(Cl)cc1)C(F)(F)F)S(=N)(=O)c1ccn2ncnc2c1. The zero-order valence-electron chi connectivity index (χ0n) is 13.3. The summed E-state index contributed by atoms with van der Waals surface area (Å²) in [5.74, 6) is 0. The van der Waals surface area contributed by atoms with E-state index in [1.807, 2.05) is 0 Å². The monoisotopic (exact) mass is 403 g/mol. The van der Waals surface area contributed by atoms with E-state index in [1.165, 1.54) is 53.4 Å². The largest absolute Gasteiger partial charge is 0.409 e. The summed E-state index contributed by atoms with van der Waals surface area (Å²) in [6.45, 7) is 0. The molecular weight excluding hydrogens is 391 g/mol. The maximum Gasteiger partial charge on any atom is 0.409 e. The van der Waals surface area contributed by atoms with Gasteiger partial charge in [0.2, 0.25) is 0 Å². The Morgan fingerprint density at radius 2 is 1.92 bits per heavy atom. The number of halogens is 4. The van der Waals surface area contributed by atoms with E-state index in [4.69, 9.17) is 16.4 Å². The number of hydrogen-bond acceptors (Lipinski definition) is 4. The van der Waals surface area contributed by atoms with Crippen molar-refractivity contribution in [3.8, 4) is 0 Å². The second kappa shape index (κ2) is 6.53. The number of hydrogen-bond donors (Lipinski definition) is 1. The van der Waals surface area contributed by atoms with Crippen molar-refractivity contribution in [3.05, 3.63) is 59.5 Å². The first kappa shape index (κ1) is 18.6. The predicted molar refractivity (Wildman–Crippen MR) is 90.1 cm³/mol. The van der Waals surface area contributed by atoms with Crippen molar-refractivity contribution < 1.29 is 17.4 Å². The van der Waals surface area contributed by atoms with Crippen LogP contribution in [-0.4, -0.2) is 36.3 Å². The van der Waals surface area contributed by atoms with Gasteiger partial charge >= 0.3 is 6.18 Å². The molecule has 0 fully saturated rings. The first-order chi connectivity index (χ1) is 12.1. The molecule has 26 heavy (non-hydrogen) atoms. The van der Waals surface area contributed by atoms with Crippen LogP contribution in [-0.2, 0) is 9.92 Å². The molecule has 138 valence electrons. The molecule has 3 rings (SSSR count). The van der Waals surface area contributed by atoms with Crippen LogP contribution in [0, 0.1) is 4.78 Å².